The maximum Gasteiger partial charge on any atom is 0.0998 e. The molecule has 9 aromatic rings. The lowest BCUT2D eigenvalue weighted by atomic mass is 9.85. The molecule has 1 aromatic heterocycles. The number of rotatable bonds is 4. The largest absolute Gasteiger partial charge is 0.309 e. The minimum absolute atomic E-state index is 0.600. The van der Waals surface area contributed by atoms with Gasteiger partial charge in [0, 0.05) is 16.5 Å². The van der Waals surface area contributed by atoms with E-state index in [9.17, 15) is 10.5 Å². The van der Waals surface area contributed by atoms with Gasteiger partial charge in [0.05, 0.1) is 34.3 Å². The molecule has 0 atom stereocenters. The van der Waals surface area contributed by atoms with Crippen molar-refractivity contribution in [1.29, 1.82) is 10.5 Å². The Morgan fingerprint density at radius 2 is 0.959 bits per heavy atom. The van der Waals surface area contributed by atoms with Crippen LogP contribution in [0.4, 0.5) is 0 Å². The summed E-state index contributed by atoms with van der Waals surface area (Å²) in [5.74, 6) is 0. The summed E-state index contributed by atoms with van der Waals surface area (Å²) in [6.45, 7) is 0. The zero-order chi connectivity index (χ0) is 32.9. The van der Waals surface area contributed by atoms with Gasteiger partial charge in [-0.1, -0.05) is 121 Å². The SMILES string of the molecule is N#Cc1ccc2c(c1)c1ccccc1n2-c1ccc(-c2cccc(-c3c4ccccc4c(-c4ccccc4)c4ccccc34)c2)c(C#N)c1. The van der Waals surface area contributed by atoms with Crippen LogP contribution in [0.3, 0.4) is 0 Å². The summed E-state index contributed by atoms with van der Waals surface area (Å²) >= 11 is 0. The maximum absolute atomic E-state index is 10.5. The molecule has 0 N–H and O–H groups in total. The molecule has 0 radical (unpaired) electrons. The van der Waals surface area contributed by atoms with Crippen molar-refractivity contribution in [3.63, 3.8) is 0 Å². The fourth-order valence-corrected chi connectivity index (χ4v) is 7.53. The molecule has 0 spiro atoms. The van der Waals surface area contributed by atoms with E-state index in [0.29, 0.717) is 11.1 Å². The highest BCUT2D eigenvalue weighted by Crippen LogP contribution is 2.44. The van der Waals surface area contributed by atoms with Crippen LogP contribution in [0.15, 0.2) is 164 Å². The average Bonchev–Trinajstić information content (AvgIpc) is 3.50. The van der Waals surface area contributed by atoms with Crippen molar-refractivity contribution in [3.05, 3.63) is 175 Å². The van der Waals surface area contributed by atoms with Crippen molar-refractivity contribution in [1.82, 2.24) is 4.57 Å². The minimum Gasteiger partial charge on any atom is -0.309 e. The molecule has 0 unspecified atom stereocenters. The third-order valence-electron chi connectivity index (χ3n) is 9.64. The van der Waals surface area contributed by atoms with E-state index in [1.54, 1.807) is 0 Å². The lowest BCUT2D eigenvalue weighted by Gasteiger charge is -2.18. The zero-order valence-electron chi connectivity index (χ0n) is 26.4. The number of benzene rings is 8. The number of nitriles is 2. The van der Waals surface area contributed by atoms with E-state index in [1.807, 2.05) is 36.4 Å². The maximum atomic E-state index is 10.5. The Kier molecular flexibility index (Phi) is 6.58. The predicted molar refractivity (Wildman–Crippen MR) is 202 cm³/mol. The molecule has 0 bridgehead atoms. The lowest BCUT2D eigenvalue weighted by molar-refractivity contribution is 1.18. The molecule has 3 nitrogen and oxygen atoms in total. The van der Waals surface area contributed by atoms with Gasteiger partial charge < -0.3 is 4.57 Å². The van der Waals surface area contributed by atoms with Crippen LogP contribution in [0.2, 0.25) is 0 Å². The summed E-state index contributed by atoms with van der Waals surface area (Å²) in [4.78, 5) is 0. The van der Waals surface area contributed by atoms with Crippen LogP contribution in [-0.4, -0.2) is 4.57 Å². The lowest BCUT2D eigenvalue weighted by Crippen LogP contribution is -1.96. The Hall–Kier alpha value is -6.94. The molecule has 0 fully saturated rings. The summed E-state index contributed by atoms with van der Waals surface area (Å²) in [5, 5.41) is 27.0. The van der Waals surface area contributed by atoms with Crippen LogP contribution in [0.25, 0.3) is 82.4 Å². The molecule has 0 amide bonds. The quantitative estimate of drug-likeness (QED) is 0.184. The van der Waals surface area contributed by atoms with E-state index >= 15 is 0 Å². The van der Waals surface area contributed by atoms with Gasteiger partial charge in [-0.15, -0.1) is 0 Å². The van der Waals surface area contributed by atoms with Crippen molar-refractivity contribution in [2.24, 2.45) is 0 Å². The van der Waals surface area contributed by atoms with Gasteiger partial charge in [0.15, 0.2) is 0 Å². The number of para-hydroxylation sites is 1. The van der Waals surface area contributed by atoms with Gasteiger partial charge in [-0.2, -0.15) is 10.5 Å². The van der Waals surface area contributed by atoms with Crippen LogP contribution >= 0.6 is 0 Å². The summed E-state index contributed by atoms with van der Waals surface area (Å²) in [6.07, 6.45) is 0. The Bertz CT molecular complexity index is 2790. The van der Waals surface area contributed by atoms with Crippen LogP contribution in [0.1, 0.15) is 11.1 Å². The molecule has 8 aromatic carbocycles. The highest BCUT2D eigenvalue weighted by molar-refractivity contribution is 6.21. The van der Waals surface area contributed by atoms with Gasteiger partial charge in [-0.05, 0) is 97.4 Å². The van der Waals surface area contributed by atoms with E-state index in [1.165, 1.54) is 38.2 Å². The second-order valence-electron chi connectivity index (χ2n) is 12.3. The fourth-order valence-electron chi connectivity index (χ4n) is 7.53. The van der Waals surface area contributed by atoms with Crippen LogP contribution < -0.4 is 0 Å². The molecule has 1 heterocycles. The minimum atomic E-state index is 0.600. The molecule has 3 heteroatoms. The van der Waals surface area contributed by atoms with E-state index in [4.69, 9.17) is 0 Å². The van der Waals surface area contributed by atoms with Gasteiger partial charge in [-0.25, -0.2) is 0 Å². The fraction of sp³-hybridized carbons (Fsp3) is 0. The normalized spacial score (nSPS) is 11.2. The monoisotopic (exact) mass is 621 g/mol. The first-order valence-electron chi connectivity index (χ1n) is 16.3. The van der Waals surface area contributed by atoms with Gasteiger partial charge in [-0.3, -0.25) is 0 Å². The number of nitrogens with zero attached hydrogens (tertiary/aromatic N) is 3. The summed E-state index contributed by atoms with van der Waals surface area (Å²) in [7, 11) is 0. The topological polar surface area (TPSA) is 52.5 Å². The Balaban J connectivity index is 1.23. The van der Waals surface area contributed by atoms with Crippen LogP contribution in [0.5, 0.6) is 0 Å². The molecule has 226 valence electrons. The second-order valence-corrected chi connectivity index (χ2v) is 12.3. The molecule has 0 saturated heterocycles. The molecule has 0 saturated carbocycles. The summed E-state index contributed by atoms with van der Waals surface area (Å²) in [5.41, 5.74) is 10.8. The highest BCUT2D eigenvalue weighted by Gasteiger charge is 2.18. The van der Waals surface area contributed by atoms with Crippen molar-refractivity contribution >= 4 is 43.4 Å². The van der Waals surface area contributed by atoms with Crippen LogP contribution in [-0.2, 0) is 0 Å². The molecular weight excluding hydrogens is 595 g/mol. The average molecular weight is 622 g/mol. The zero-order valence-corrected chi connectivity index (χ0v) is 26.4. The Labute approximate surface area is 283 Å². The molecule has 0 aliphatic heterocycles. The van der Waals surface area contributed by atoms with Gasteiger partial charge in [0.25, 0.3) is 0 Å². The number of fused-ring (bicyclic) bond motifs is 5. The summed E-state index contributed by atoms with van der Waals surface area (Å²) in [6, 6.07) is 61.4. The Morgan fingerprint density at radius 3 is 1.63 bits per heavy atom. The Morgan fingerprint density at radius 1 is 0.388 bits per heavy atom. The molecule has 0 aliphatic rings. The third kappa shape index (κ3) is 4.49. The van der Waals surface area contributed by atoms with Crippen molar-refractivity contribution < 1.29 is 0 Å². The van der Waals surface area contributed by atoms with Gasteiger partial charge >= 0.3 is 0 Å². The van der Waals surface area contributed by atoms with Gasteiger partial charge in [0.1, 0.15) is 0 Å². The summed E-state index contributed by atoms with van der Waals surface area (Å²) < 4.78 is 2.18. The molecule has 0 aliphatic carbocycles. The van der Waals surface area contributed by atoms with E-state index in [2.05, 4.69) is 144 Å². The smallest absolute Gasteiger partial charge is 0.0998 e. The predicted octanol–water partition coefficient (Wildman–Crippen LogP) is 11.8. The van der Waals surface area contributed by atoms with Crippen molar-refractivity contribution in [3.8, 4) is 51.2 Å². The number of hydrogen-bond donors (Lipinski definition) is 0. The van der Waals surface area contributed by atoms with E-state index in [0.717, 1.165) is 44.2 Å². The van der Waals surface area contributed by atoms with E-state index < -0.39 is 0 Å². The first-order valence-corrected chi connectivity index (χ1v) is 16.3. The molecule has 49 heavy (non-hydrogen) atoms. The first kappa shape index (κ1) is 28.3. The van der Waals surface area contributed by atoms with Gasteiger partial charge in [0.2, 0.25) is 0 Å². The van der Waals surface area contributed by atoms with Crippen molar-refractivity contribution in [2.75, 3.05) is 0 Å². The molecule has 9 rings (SSSR count). The highest BCUT2D eigenvalue weighted by atomic mass is 15.0. The number of hydrogen-bond acceptors (Lipinski definition) is 2. The number of aromatic nitrogens is 1. The second kappa shape index (κ2) is 11.4. The van der Waals surface area contributed by atoms with Crippen LogP contribution in [0, 0.1) is 22.7 Å². The standard InChI is InChI=1S/C46H27N3/c47-28-30-21-24-44-42(25-30)37-15-8-9-20-43(37)49(44)35-22-23-36(34(27-35)29-48)32-13-10-14-33(26-32)46-40-18-6-4-16-38(40)45(31-11-2-1-3-12-31)39-17-5-7-19-41(39)46/h1-27H. The third-order valence-corrected chi connectivity index (χ3v) is 9.64. The van der Waals surface area contributed by atoms with E-state index in [-0.39, 0.29) is 0 Å². The molecular formula is C46H27N3. The first-order chi connectivity index (χ1) is 24.2. The van der Waals surface area contributed by atoms with Crippen molar-refractivity contribution in [2.45, 2.75) is 0 Å².